The Bertz CT molecular complexity index is 692. The number of amides is 2. The Morgan fingerprint density at radius 2 is 1.74 bits per heavy atom. The van der Waals surface area contributed by atoms with Gasteiger partial charge in [-0.3, -0.25) is 9.59 Å². The van der Waals surface area contributed by atoms with E-state index in [1.54, 1.807) is 6.07 Å². The first kappa shape index (κ1) is 17.5. The van der Waals surface area contributed by atoms with Gasteiger partial charge >= 0.3 is 0 Å². The van der Waals surface area contributed by atoms with Crippen molar-refractivity contribution in [2.75, 3.05) is 6.54 Å². The number of hydrogen-bond acceptors (Lipinski definition) is 2. The highest BCUT2D eigenvalue weighted by Gasteiger charge is 2.07. The summed E-state index contributed by atoms with van der Waals surface area (Å²) in [5.74, 6) is -0.446. The molecule has 0 atom stereocenters. The standard InChI is InChI=1S/C17H16BrClN2O2/c18-14-7-6-13(15(19)9-14)10-20-17(23)11-21-16(22)8-12-4-2-1-3-5-12/h1-7,9H,8,10-11H2,(H,20,23)(H,21,22). The van der Waals surface area contributed by atoms with Gasteiger partial charge in [0.2, 0.25) is 11.8 Å². The molecule has 2 amide bonds. The summed E-state index contributed by atoms with van der Waals surface area (Å²) in [6.45, 7) is 0.263. The molecule has 23 heavy (non-hydrogen) atoms. The lowest BCUT2D eigenvalue weighted by Gasteiger charge is -2.08. The molecule has 0 unspecified atom stereocenters. The van der Waals surface area contributed by atoms with E-state index in [0.717, 1.165) is 15.6 Å². The van der Waals surface area contributed by atoms with Gasteiger partial charge in [0.1, 0.15) is 0 Å². The molecule has 0 spiro atoms. The smallest absolute Gasteiger partial charge is 0.239 e. The number of rotatable bonds is 6. The Kier molecular flexibility index (Phi) is 6.62. The van der Waals surface area contributed by atoms with E-state index < -0.39 is 0 Å². The fraction of sp³-hybridized carbons (Fsp3) is 0.176. The van der Waals surface area contributed by atoms with Gasteiger partial charge in [0, 0.05) is 16.0 Å². The summed E-state index contributed by atoms with van der Waals surface area (Å²) in [7, 11) is 0. The van der Waals surface area contributed by atoms with Crippen LogP contribution >= 0.6 is 27.5 Å². The molecule has 0 aliphatic heterocycles. The highest BCUT2D eigenvalue weighted by molar-refractivity contribution is 9.10. The Morgan fingerprint density at radius 1 is 1.00 bits per heavy atom. The van der Waals surface area contributed by atoms with Gasteiger partial charge in [-0.1, -0.05) is 63.9 Å². The summed E-state index contributed by atoms with van der Waals surface area (Å²) in [4.78, 5) is 23.5. The van der Waals surface area contributed by atoms with Crippen molar-refractivity contribution in [2.45, 2.75) is 13.0 Å². The molecule has 2 rings (SSSR count). The van der Waals surface area contributed by atoms with Gasteiger partial charge in [0.05, 0.1) is 13.0 Å². The zero-order valence-electron chi connectivity index (χ0n) is 12.3. The summed E-state index contributed by atoms with van der Waals surface area (Å²) >= 11 is 9.40. The van der Waals surface area contributed by atoms with Crippen LogP contribution in [0.25, 0.3) is 0 Å². The minimum Gasteiger partial charge on any atom is -0.350 e. The van der Waals surface area contributed by atoms with Crippen LogP contribution < -0.4 is 10.6 Å². The van der Waals surface area contributed by atoms with Crippen molar-refractivity contribution in [1.82, 2.24) is 10.6 Å². The fourth-order valence-electron chi connectivity index (χ4n) is 1.94. The van der Waals surface area contributed by atoms with E-state index in [2.05, 4.69) is 26.6 Å². The molecular formula is C17H16BrClN2O2. The fourth-order valence-corrected chi connectivity index (χ4v) is 2.68. The van der Waals surface area contributed by atoms with Crippen LogP contribution in [0.3, 0.4) is 0 Å². The van der Waals surface area contributed by atoms with Crippen molar-refractivity contribution in [3.05, 3.63) is 69.2 Å². The minimum absolute atomic E-state index is 0.0557. The maximum atomic E-state index is 11.8. The van der Waals surface area contributed by atoms with Crippen LogP contribution in [0.5, 0.6) is 0 Å². The molecule has 0 bridgehead atoms. The lowest BCUT2D eigenvalue weighted by Crippen LogP contribution is -2.37. The average Bonchev–Trinajstić information content (AvgIpc) is 2.53. The second-order valence-corrected chi connectivity index (χ2v) is 6.27. The topological polar surface area (TPSA) is 58.2 Å². The summed E-state index contributed by atoms with van der Waals surface area (Å²) in [5.41, 5.74) is 1.73. The monoisotopic (exact) mass is 394 g/mol. The van der Waals surface area contributed by atoms with Crippen LogP contribution in [0.2, 0.25) is 5.02 Å². The van der Waals surface area contributed by atoms with Gasteiger partial charge in [-0.05, 0) is 23.3 Å². The van der Waals surface area contributed by atoms with Gasteiger partial charge in [-0.25, -0.2) is 0 Å². The molecule has 0 fully saturated rings. The normalized spacial score (nSPS) is 10.2. The van der Waals surface area contributed by atoms with E-state index in [4.69, 9.17) is 11.6 Å². The molecule has 2 aromatic rings. The van der Waals surface area contributed by atoms with E-state index in [1.807, 2.05) is 42.5 Å². The summed E-state index contributed by atoms with van der Waals surface area (Å²) in [6, 6.07) is 14.8. The lowest BCUT2D eigenvalue weighted by molar-refractivity contribution is -0.125. The average molecular weight is 396 g/mol. The molecule has 2 N–H and O–H groups in total. The molecule has 0 aliphatic carbocycles. The van der Waals surface area contributed by atoms with E-state index in [1.165, 1.54) is 0 Å². The predicted molar refractivity (Wildman–Crippen MR) is 94.2 cm³/mol. The SMILES string of the molecule is O=C(CNC(=O)Cc1ccccc1)NCc1ccc(Br)cc1Cl. The van der Waals surface area contributed by atoms with Gasteiger partial charge in [-0.2, -0.15) is 0 Å². The maximum Gasteiger partial charge on any atom is 0.239 e. The van der Waals surface area contributed by atoms with E-state index in [0.29, 0.717) is 11.6 Å². The quantitative estimate of drug-likeness (QED) is 0.790. The predicted octanol–water partition coefficient (Wildman–Crippen LogP) is 3.08. The van der Waals surface area contributed by atoms with E-state index >= 15 is 0 Å². The van der Waals surface area contributed by atoms with Gasteiger partial charge in [-0.15, -0.1) is 0 Å². The summed E-state index contributed by atoms with van der Waals surface area (Å²) < 4.78 is 0.880. The van der Waals surface area contributed by atoms with Crippen molar-refractivity contribution in [1.29, 1.82) is 0 Å². The van der Waals surface area contributed by atoms with Crippen LogP contribution in [-0.2, 0) is 22.6 Å². The number of carbonyl (C=O) groups excluding carboxylic acids is 2. The van der Waals surface area contributed by atoms with Crippen LogP contribution in [0, 0.1) is 0 Å². The van der Waals surface area contributed by atoms with Gasteiger partial charge in [0.25, 0.3) is 0 Å². The van der Waals surface area contributed by atoms with Gasteiger partial charge < -0.3 is 10.6 Å². The molecule has 0 radical (unpaired) electrons. The zero-order valence-corrected chi connectivity index (χ0v) is 14.7. The number of benzene rings is 2. The van der Waals surface area contributed by atoms with E-state index in [-0.39, 0.29) is 24.8 Å². The highest BCUT2D eigenvalue weighted by Crippen LogP contribution is 2.21. The molecule has 4 nitrogen and oxygen atoms in total. The molecule has 0 heterocycles. The Labute approximate surface area is 148 Å². The van der Waals surface area contributed by atoms with Gasteiger partial charge in [0.15, 0.2) is 0 Å². The molecule has 0 aliphatic rings. The summed E-state index contributed by atoms with van der Waals surface area (Å²) in [5, 5.41) is 5.90. The first-order valence-electron chi connectivity index (χ1n) is 7.06. The van der Waals surface area contributed by atoms with E-state index in [9.17, 15) is 9.59 Å². The third-order valence-corrected chi connectivity index (χ3v) is 3.99. The molecule has 0 saturated carbocycles. The number of halogens is 2. The first-order valence-corrected chi connectivity index (χ1v) is 8.23. The second-order valence-electron chi connectivity index (χ2n) is 4.95. The largest absolute Gasteiger partial charge is 0.350 e. The third-order valence-electron chi connectivity index (χ3n) is 3.14. The molecule has 120 valence electrons. The Morgan fingerprint density at radius 3 is 2.43 bits per heavy atom. The highest BCUT2D eigenvalue weighted by atomic mass is 79.9. The zero-order chi connectivity index (χ0) is 16.7. The minimum atomic E-state index is -0.259. The Balaban J connectivity index is 1.73. The summed E-state index contributed by atoms with van der Waals surface area (Å²) in [6.07, 6.45) is 0.257. The third kappa shape index (κ3) is 6.04. The molecule has 2 aromatic carbocycles. The number of carbonyl (C=O) groups is 2. The van der Waals surface area contributed by atoms with Crippen LogP contribution in [-0.4, -0.2) is 18.4 Å². The first-order chi connectivity index (χ1) is 11.0. The van der Waals surface area contributed by atoms with Crippen LogP contribution in [0.1, 0.15) is 11.1 Å². The van der Waals surface area contributed by atoms with Crippen molar-refractivity contribution in [2.24, 2.45) is 0 Å². The molecule has 0 aromatic heterocycles. The Hall–Kier alpha value is -1.85. The maximum absolute atomic E-state index is 11.8. The van der Waals surface area contributed by atoms with Crippen molar-refractivity contribution in [3.63, 3.8) is 0 Å². The molecule has 6 heteroatoms. The molecular weight excluding hydrogens is 380 g/mol. The van der Waals surface area contributed by atoms with Crippen molar-refractivity contribution >= 4 is 39.3 Å². The lowest BCUT2D eigenvalue weighted by atomic mass is 10.1. The second kappa shape index (κ2) is 8.70. The number of nitrogens with one attached hydrogen (secondary N) is 2. The van der Waals surface area contributed by atoms with Crippen LogP contribution in [0.4, 0.5) is 0 Å². The van der Waals surface area contributed by atoms with Crippen LogP contribution in [0.15, 0.2) is 53.0 Å². The molecule has 0 saturated heterocycles. The number of hydrogen-bond donors (Lipinski definition) is 2. The van der Waals surface area contributed by atoms with Crippen molar-refractivity contribution in [3.8, 4) is 0 Å². The van der Waals surface area contributed by atoms with Crippen molar-refractivity contribution < 1.29 is 9.59 Å².